The second-order valence-electron chi connectivity index (χ2n) is 3.69. The molecule has 1 aromatic heterocycles. The van der Waals surface area contributed by atoms with Crippen LogP contribution in [0.2, 0.25) is 5.02 Å². The van der Waals surface area contributed by atoms with Crippen molar-refractivity contribution in [3.8, 4) is 0 Å². The standard InChI is InChI=1S/C10H14ClFN2O/c1-3-10(2,15)6-14-9-8(12)4-7(11)5-13-9/h4-5,15H,3,6H2,1-2H3,(H,13,14). The van der Waals surface area contributed by atoms with Gasteiger partial charge < -0.3 is 10.4 Å². The second kappa shape index (κ2) is 4.77. The van der Waals surface area contributed by atoms with Crippen LogP contribution in [0.4, 0.5) is 10.2 Å². The molecular formula is C10H14ClFN2O. The summed E-state index contributed by atoms with van der Waals surface area (Å²) in [5.41, 5.74) is -0.867. The molecule has 1 unspecified atom stereocenters. The number of halogens is 2. The highest BCUT2D eigenvalue weighted by Gasteiger charge is 2.17. The number of anilines is 1. The van der Waals surface area contributed by atoms with E-state index in [9.17, 15) is 9.50 Å². The monoisotopic (exact) mass is 232 g/mol. The molecule has 0 aromatic carbocycles. The number of nitrogens with zero attached hydrogens (tertiary/aromatic N) is 1. The van der Waals surface area contributed by atoms with Crippen molar-refractivity contribution in [2.75, 3.05) is 11.9 Å². The Morgan fingerprint density at radius 2 is 2.33 bits per heavy atom. The first-order chi connectivity index (χ1) is 6.94. The summed E-state index contributed by atoms with van der Waals surface area (Å²) in [5, 5.41) is 12.7. The fraction of sp³-hybridized carbons (Fsp3) is 0.500. The van der Waals surface area contributed by atoms with Gasteiger partial charge in [-0.3, -0.25) is 0 Å². The summed E-state index contributed by atoms with van der Waals surface area (Å²) in [6.45, 7) is 3.77. The minimum Gasteiger partial charge on any atom is -0.388 e. The SMILES string of the molecule is CCC(C)(O)CNc1ncc(Cl)cc1F. The van der Waals surface area contributed by atoms with Gasteiger partial charge in [0, 0.05) is 12.7 Å². The van der Waals surface area contributed by atoms with Crippen LogP contribution >= 0.6 is 11.6 Å². The molecule has 2 N–H and O–H groups in total. The minimum atomic E-state index is -0.867. The van der Waals surface area contributed by atoms with Crippen LogP contribution in [0.15, 0.2) is 12.3 Å². The number of rotatable bonds is 4. The van der Waals surface area contributed by atoms with E-state index < -0.39 is 11.4 Å². The Kier molecular flexibility index (Phi) is 3.88. The van der Waals surface area contributed by atoms with Crippen LogP contribution in [-0.2, 0) is 0 Å². The maximum atomic E-state index is 13.2. The Morgan fingerprint density at radius 3 is 2.87 bits per heavy atom. The first kappa shape index (κ1) is 12.2. The average Bonchev–Trinajstić information content (AvgIpc) is 2.16. The van der Waals surface area contributed by atoms with Crippen LogP contribution < -0.4 is 5.32 Å². The van der Waals surface area contributed by atoms with Gasteiger partial charge in [-0.25, -0.2) is 9.37 Å². The van der Waals surface area contributed by atoms with Gasteiger partial charge in [0.15, 0.2) is 11.6 Å². The van der Waals surface area contributed by atoms with E-state index in [1.165, 1.54) is 12.3 Å². The Balaban J connectivity index is 2.66. The molecule has 0 amide bonds. The first-order valence-electron chi connectivity index (χ1n) is 4.72. The van der Waals surface area contributed by atoms with Gasteiger partial charge >= 0.3 is 0 Å². The van der Waals surface area contributed by atoms with E-state index in [1.807, 2.05) is 6.92 Å². The smallest absolute Gasteiger partial charge is 0.166 e. The van der Waals surface area contributed by atoms with Crippen molar-refractivity contribution in [1.82, 2.24) is 4.98 Å². The van der Waals surface area contributed by atoms with E-state index in [2.05, 4.69) is 10.3 Å². The lowest BCUT2D eigenvalue weighted by molar-refractivity contribution is 0.0696. The quantitative estimate of drug-likeness (QED) is 0.838. The fourth-order valence-electron chi connectivity index (χ4n) is 0.944. The Morgan fingerprint density at radius 1 is 1.67 bits per heavy atom. The van der Waals surface area contributed by atoms with Crippen molar-refractivity contribution >= 4 is 17.4 Å². The summed E-state index contributed by atoms with van der Waals surface area (Å²) in [6.07, 6.45) is 1.93. The topological polar surface area (TPSA) is 45.1 Å². The Hall–Kier alpha value is -0.870. The molecule has 0 fully saturated rings. The van der Waals surface area contributed by atoms with Gasteiger partial charge in [-0.15, -0.1) is 0 Å². The number of aliphatic hydroxyl groups is 1. The fourth-order valence-corrected chi connectivity index (χ4v) is 1.09. The van der Waals surface area contributed by atoms with Gasteiger partial charge in [0.25, 0.3) is 0 Å². The molecule has 0 saturated carbocycles. The lowest BCUT2D eigenvalue weighted by Gasteiger charge is -2.21. The van der Waals surface area contributed by atoms with Crippen molar-refractivity contribution < 1.29 is 9.50 Å². The van der Waals surface area contributed by atoms with Crippen molar-refractivity contribution in [2.45, 2.75) is 25.9 Å². The van der Waals surface area contributed by atoms with Crippen LogP contribution in [0.3, 0.4) is 0 Å². The summed E-state index contributed by atoms with van der Waals surface area (Å²) in [7, 11) is 0. The van der Waals surface area contributed by atoms with Gasteiger partial charge in [0.2, 0.25) is 0 Å². The van der Waals surface area contributed by atoms with Gasteiger partial charge in [-0.2, -0.15) is 0 Å². The number of aromatic nitrogens is 1. The lowest BCUT2D eigenvalue weighted by atomic mass is 10.0. The second-order valence-corrected chi connectivity index (χ2v) is 4.12. The molecule has 0 saturated heterocycles. The zero-order chi connectivity index (χ0) is 11.5. The summed E-state index contributed by atoms with van der Waals surface area (Å²) >= 11 is 5.55. The maximum absolute atomic E-state index is 13.2. The van der Waals surface area contributed by atoms with Crippen LogP contribution in [0.5, 0.6) is 0 Å². The van der Waals surface area contributed by atoms with Gasteiger partial charge in [0.1, 0.15) is 0 Å². The largest absolute Gasteiger partial charge is 0.388 e. The molecule has 0 aliphatic rings. The van der Waals surface area contributed by atoms with Crippen molar-refractivity contribution in [2.24, 2.45) is 0 Å². The number of nitrogens with one attached hydrogen (secondary N) is 1. The predicted octanol–water partition coefficient (Wildman–Crippen LogP) is 2.45. The van der Waals surface area contributed by atoms with Gasteiger partial charge in [0.05, 0.1) is 10.6 Å². The Bertz CT molecular complexity index is 344. The van der Waals surface area contributed by atoms with Crippen molar-refractivity contribution in [3.63, 3.8) is 0 Å². The molecule has 1 atom stereocenters. The van der Waals surface area contributed by atoms with Crippen LogP contribution in [0.25, 0.3) is 0 Å². The molecule has 5 heteroatoms. The normalized spacial score (nSPS) is 14.7. The zero-order valence-corrected chi connectivity index (χ0v) is 9.48. The molecule has 0 bridgehead atoms. The molecule has 15 heavy (non-hydrogen) atoms. The van der Waals surface area contributed by atoms with Crippen LogP contribution in [0.1, 0.15) is 20.3 Å². The van der Waals surface area contributed by atoms with Gasteiger partial charge in [-0.05, 0) is 19.4 Å². The molecule has 0 aliphatic heterocycles. The van der Waals surface area contributed by atoms with E-state index in [4.69, 9.17) is 11.6 Å². The molecule has 0 radical (unpaired) electrons. The summed E-state index contributed by atoms with van der Waals surface area (Å²) < 4.78 is 13.2. The molecule has 1 rings (SSSR count). The maximum Gasteiger partial charge on any atom is 0.166 e. The number of hydrogen-bond donors (Lipinski definition) is 2. The molecule has 3 nitrogen and oxygen atoms in total. The summed E-state index contributed by atoms with van der Waals surface area (Å²) in [6, 6.07) is 1.18. The molecule has 0 aliphatic carbocycles. The van der Waals surface area contributed by atoms with Crippen LogP contribution in [-0.4, -0.2) is 22.2 Å². The third-order valence-corrected chi connectivity index (χ3v) is 2.41. The van der Waals surface area contributed by atoms with E-state index in [0.29, 0.717) is 6.42 Å². The van der Waals surface area contributed by atoms with Crippen molar-refractivity contribution in [1.29, 1.82) is 0 Å². The van der Waals surface area contributed by atoms with E-state index >= 15 is 0 Å². The molecule has 1 heterocycles. The van der Waals surface area contributed by atoms with E-state index in [0.717, 1.165) is 0 Å². The highest BCUT2D eigenvalue weighted by molar-refractivity contribution is 6.30. The minimum absolute atomic E-state index is 0.105. The molecule has 84 valence electrons. The number of hydrogen-bond acceptors (Lipinski definition) is 3. The Labute approximate surface area is 93.3 Å². The highest BCUT2D eigenvalue weighted by Crippen LogP contribution is 2.17. The zero-order valence-electron chi connectivity index (χ0n) is 8.72. The molecular weight excluding hydrogens is 219 g/mol. The third kappa shape index (κ3) is 3.64. The van der Waals surface area contributed by atoms with E-state index in [1.54, 1.807) is 6.92 Å². The first-order valence-corrected chi connectivity index (χ1v) is 5.10. The lowest BCUT2D eigenvalue weighted by Crippen LogP contribution is -2.32. The highest BCUT2D eigenvalue weighted by atomic mass is 35.5. The summed E-state index contributed by atoms with van der Waals surface area (Å²) in [4.78, 5) is 3.79. The predicted molar refractivity (Wildman–Crippen MR) is 58.6 cm³/mol. The van der Waals surface area contributed by atoms with Crippen LogP contribution in [0, 0.1) is 5.82 Å². The summed E-state index contributed by atoms with van der Waals surface area (Å²) in [5.74, 6) is -0.414. The van der Waals surface area contributed by atoms with E-state index in [-0.39, 0.29) is 17.4 Å². The molecule has 1 aromatic rings. The third-order valence-electron chi connectivity index (χ3n) is 2.21. The van der Waals surface area contributed by atoms with Gasteiger partial charge in [-0.1, -0.05) is 18.5 Å². The number of pyridine rings is 1. The molecule has 0 spiro atoms. The average molecular weight is 233 g/mol. The van der Waals surface area contributed by atoms with Crippen molar-refractivity contribution in [3.05, 3.63) is 23.1 Å².